The molecule has 1 aromatic carbocycles. The second kappa shape index (κ2) is 5.46. The minimum absolute atomic E-state index is 0.104. The first-order chi connectivity index (χ1) is 9.63. The highest BCUT2D eigenvalue weighted by Gasteiger charge is 2.40. The number of carboxylic acid groups (broad SMARTS) is 1. The molecule has 1 aliphatic rings. The molecule has 0 radical (unpaired) electrons. The molecular formula is C16H24O4Si. The van der Waals surface area contributed by atoms with Crippen LogP contribution in [0.4, 0.5) is 0 Å². The summed E-state index contributed by atoms with van der Waals surface area (Å²) in [5.41, 5.74) is 1.71. The molecule has 0 saturated carbocycles. The van der Waals surface area contributed by atoms with Gasteiger partial charge in [-0.3, -0.25) is 0 Å². The number of ether oxygens (including phenoxy) is 1. The van der Waals surface area contributed by atoms with Gasteiger partial charge in [0.2, 0.25) is 8.32 Å². The Hall–Kier alpha value is -1.33. The van der Waals surface area contributed by atoms with Gasteiger partial charge in [0.15, 0.2) is 6.10 Å². The lowest BCUT2D eigenvalue weighted by molar-refractivity contribution is -0.151. The van der Waals surface area contributed by atoms with E-state index >= 15 is 0 Å². The average Bonchev–Trinajstić information content (AvgIpc) is 2.36. The molecular weight excluding hydrogens is 284 g/mol. The highest BCUT2D eigenvalue weighted by atomic mass is 28.4. The molecule has 0 fully saturated rings. The Morgan fingerprint density at radius 3 is 2.62 bits per heavy atom. The zero-order chi connectivity index (χ0) is 15.8. The third-order valence-electron chi connectivity index (χ3n) is 4.48. The van der Waals surface area contributed by atoms with E-state index in [0.717, 1.165) is 16.9 Å². The van der Waals surface area contributed by atoms with Gasteiger partial charge < -0.3 is 14.3 Å². The fourth-order valence-corrected chi connectivity index (χ4v) is 3.24. The van der Waals surface area contributed by atoms with Crippen LogP contribution in [-0.2, 0) is 16.0 Å². The smallest absolute Gasteiger partial charge is 0.337 e. The van der Waals surface area contributed by atoms with Gasteiger partial charge in [-0.15, -0.1) is 0 Å². The number of benzene rings is 1. The maximum atomic E-state index is 11.3. The number of carboxylic acids is 1. The second-order valence-corrected chi connectivity index (χ2v) is 11.8. The highest BCUT2D eigenvalue weighted by molar-refractivity contribution is 6.74. The van der Waals surface area contributed by atoms with Crippen molar-refractivity contribution < 1.29 is 19.1 Å². The van der Waals surface area contributed by atoms with Crippen LogP contribution in [-0.4, -0.2) is 26.0 Å². The van der Waals surface area contributed by atoms with Crippen molar-refractivity contribution in [3.63, 3.8) is 0 Å². The van der Waals surface area contributed by atoms with Gasteiger partial charge in [-0.2, -0.15) is 0 Å². The van der Waals surface area contributed by atoms with Crippen LogP contribution < -0.4 is 4.43 Å². The number of hydrogen-bond acceptors (Lipinski definition) is 3. The third-order valence-corrected chi connectivity index (χ3v) is 8.83. The molecule has 1 atom stereocenters. The summed E-state index contributed by atoms with van der Waals surface area (Å²) in [6.07, 6.45) is -0.180. The van der Waals surface area contributed by atoms with Gasteiger partial charge in [-0.25, -0.2) is 4.79 Å². The van der Waals surface area contributed by atoms with E-state index in [4.69, 9.17) is 9.16 Å². The number of hydrogen-bond donors (Lipinski definition) is 1. The van der Waals surface area contributed by atoms with Crippen molar-refractivity contribution in [1.29, 1.82) is 0 Å². The summed E-state index contributed by atoms with van der Waals surface area (Å²) < 4.78 is 11.8. The number of fused-ring (bicyclic) bond motifs is 1. The van der Waals surface area contributed by atoms with Crippen molar-refractivity contribution in [2.45, 2.75) is 51.4 Å². The van der Waals surface area contributed by atoms with Crippen LogP contribution in [0.15, 0.2) is 18.2 Å². The molecule has 0 bridgehead atoms. The molecule has 1 unspecified atom stereocenters. The van der Waals surface area contributed by atoms with E-state index in [1.165, 1.54) is 0 Å². The lowest BCUT2D eigenvalue weighted by atomic mass is 9.97. The van der Waals surface area contributed by atoms with Gasteiger partial charge in [0, 0.05) is 5.56 Å². The SMILES string of the molecule is CC(C)(C)[Si](C)(C)Oc1cccc2c1CCOC2C(=O)O. The predicted molar refractivity (Wildman–Crippen MR) is 84.3 cm³/mol. The molecule has 21 heavy (non-hydrogen) atoms. The predicted octanol–water partition coefficient (Wildman–Crippen LogP) is 3.77. The maximum absolute atomic E-state index is 11.3. The summed E-state index contributed by atoms with van der Waals surface area (Å²) in [7, 11) is -1.94. The molecule has 1 heterocycles. The normalized spacial score (nSPS) is 19.0. The van der Waals surface area contributed by atoms with Crippen molar-refractivity contribution >= 4 is 14.3 Å². The molecule has 0 amide bonds. The minimum atomic E-state index is -1.94. The molecule has 0 aromatic heterocycles. The summed E-state index contributed by atoms with van der Waals surface area (Å²) in [6.45, 7) is 11.4. The van der Waals surface area contributed by atoms with E-state index < -0.39 is 20.4 Å². The van der Waals surface area contributed by atoms with Gasteiger partial charge in [0.1, 0.15) is 5.75 Å². The summed E-state index contributed by atoms with van der Waals surface area (Å²) >= 11 is 0. The molecule has 116 valence electrons. The van der Waals surface area contributed by atoms with E-state index in [9.17, 15) is 9.90 Å². The number of carbonyl (C=O) groups is 1. The first-order valence-electron chi connectivity index (χ1n) is 7.29. The van der Waals surface area contributed by atoms with Crippen LogP contribution >= 0.6 is 0 Å². The topological polar surface area (TPSA) is 55.8 Å². The Bertz CT molecular complexity index is 546. The monoisotopic (exact) mass is 308 g/mol. The van der Waals surface area contributed by atoms with E-state index in [2.05, 4.69) is 33.9 Å². The van der Waals surface area contributed by atoms with Gasteiger partial charge in [-0.1, -0.05) is 32.9 Å². The Balaban J connectivity index is 2.39. The summed E-state index contributed by atoms with van der Waals surface area (Å²) in [5, 5.41) is 9.38. The second-order valence-electron chi connectivity index (χ2n) is 7.03. The van der Waals surface area contributed by atoms with Crippen LogP contribution in [0, 0.1) is 0 Å². The zero-order valence-corrected chi connectivity index (χ0v) is 14.4. The maximum Gasteiger partial charge on any atom is 0.337 e. The standard InChI is InChI=1S/C16H24O4Si/c1-16(2,3)21(4,5)20-13-8-6-7-12-11(13)9-10-19-14(12)15(17)18/h6-8,14H,9-10H2,1-5H3,(H,17,18). The molecule has 0 aliphatic carbocycles. The van der Waals surface area contributed by atoms with Gasteiger partial charge >= 0.3 is 5.97 Å². The fraction of sp³-hybridized carbons (Fsp3) is 0.562. The molecule has 1 N–H and O–H groups in total. The van der Waals surface area contributed by atoms with E-state index in [0.29, 0.717) is 13.0 Å². The van der Waals surface area contributed by atoms with Crippen molar-refractivity contribution in [2.75, 3.05) is 6.61 Å². The Morgan fingerprint density at radius 2 is 2.05 bits per heavy atom. The Kier molecular flexibility index (Phi) is 4.17. The van der Waals surface area contributed by atoms with E-state index in [-0.39, 0.29) is 5.04 Å². The van der Waals surface area contributed by atoms with Crippen LogP contribution in [0.5, 0.6) is 5.75 Å². The molecule has 0 saturated heterocycles. The Morgan fingerprint density at radius 1 is 1.38 bits per heavy atom. The fourth-order valence-electron chi connectivity index (χ4n) is 2.19. The third kappa shape index (κ3) is 3.14. The molecule has 1 aliphatic heterocycles. The molecule has 0 spiro atoms. The van der Waals surface area contributed by atoms with Crippen molar-refractivity contribution in [2.24, 2.45) is 0 Å². The van der Waals surface area contributed by atoms with Crippen LogP contribution in [0.2, 0.25) is 18.1 Å². The lowest BCUT2D eigenvalue weighted by Crippen LogP contribution is -2.44. The van der Waals surface area contributed by atoms with Crippen molar-refractivity contribution in [1.82, 2.24) is 0 Å². The largest absolute Gasteiger partial charge is 0.543 e. The number of aliphatic carboxylic acids is 1. The lowest BCUT2D eigenvalue weighted by Gasteiger charge is -2.38. The van der Waals surface area contributed by atoms with Crippen molar-refractivity contribution in [3.05, 3.63) is 29.3 Å². The Labute approximate surface area is 127 Å². The highest BCUT2D eigenvalue weighted by Crippen LogP contribution is 2.40. The van der Waals surface area contributed by atoms with Gasteiger partial charge in [-0.05, 0) is 36.2 Å². The van der Waals surface area contributed by atoms with E-state index in [1.807, 2.05) is 18.2 Å². The van der Waals surface area contributed by atoms with Crippen molar-refractivity contribution in [3.8, 4) is 5.75 Å². The minimum Gasteiger partial charge on any atom is -0.543 e. The van der Waals surface area contributed by atoms with Crippen LogP contribution in [0.3, 0.4) is 0 Å². The molecule has 2 rings (SSSR count). The summed E-state index contributed by atoms with van der Waals surface area (Å²) in [4.78, 5) is 11.3. The summed E-state index contributed by atoms with van der Waals surface area (Å²) in [5.74, 6) is -0.117. The first kappa shape index (κ1) is 16.0. The molecule has 4 nitrogen and oxygen atoms in total. The zero-order valence-electron chi connectivity index (χ0n) is 13.4. The quantitative estimate of drug-likeness (QED) is 0.864. The van der Waals surface area contributed by atoms with Gasteiger partial charge in [0.05, 0.1) is 6.61 Å². The van der Waals surface area contributed by atoms with E-state index in [1.54, 1.807) is 0 Å². The summed E-state index contributed by atoms with van der Waals surface area (Å²) in [6, 6.07) is 5.63. The molecule has 1 aromatic rings. The van der Waals surface area contributed by atoms with Crippen LogP contribution in [0.1, 0.15) is 38.0 Å². The average molecular weight is 308 g/mol. The number of rotatable bonds is 3. The van der Waals surface area contributed by atoms with Gasteiger partial charge in [0.25, 0.3) is 0 Å². The first-order valence-corrected chi connectivity index (χ1v) is 10.2. The van der Waals surface area contributed by atoms with Crippen LogP contribution in [0.25, 0.3) is 0 Å². The molecule has 5 heteroatoms.